The molecule has 6 nitrogen and oxygen atoms in total. The Morgan fingerprint density at radius 2 is 0.736 bits per heavy atom. The fraction of sp³-hybridized carbons (Fsp3) is 0.723. The Labute approximate surface area is 326 Å². The summed E-state index contributed by atoms with van der Waals surface area (Å²) in [7, 11) is 0. The van der Waals surface area contributed by atoms with Crippen LogP contribution in [0, 0.1) is 0 Å². The second kappa shape index (κ2) is 41.9. The van der Waals surface area contributed by atoms with Gasteiger partial charge in [0.05, 0.1) is 6.42 Å². The highest BCUT2D eigenvalue weighted by Gasteiger charge is 2.19. The van der Waals surface area contributed by atoms with E-state index in [0.717, 1.165) is 70.6 Å². The lowest BCUT2D eigenvalue weighted by molar-refractivity contribution is -0.166. The molecule has 0 heterocycles. The molecule has 53 heavy (non-hydrogen) atoms. The lowest BCUT2D eigenvalue weighted by Gasteiger charge is -2.18. The maximum Gasteiger partial charge on any atom is 0.309 e. The maximum absolute atomic E-state index is 12.7. The molecule has 304 valence electrons. The number of rotatable bonds is 38. The summed E-state index contributed by atoms with van der Waals surface area (Å²) < 4.78 is 16.5. The van der Waals surface area contributed by atoms with Gasteiger partial charge >= 0.3 is 17.9 Å². The van der Waals surface area contributed by atoms with Crippen LogP contribution in [0.15, 0.2) is 60.8 Å². The van der Waals surface area contributed by atoms with Crippen LogP contribution in [0.4, 0.5) is 0 Å². The minimum Gasteiger partial charge on any atom is -0.462 e. The van der Waals surface area contributed by atoms with E-state index >= 15 is 0 Å². The predicted octanol–water partition coefficient (Wildman–Crippen LogP) is 13.7. The summed E-state index contributed by atoms with van der Waals surface area (Å²) in [5.74, 6) is -1.04. The normalized spacial score (nSPS) is 12.6. The zero-order valence-electron chi connectivity index (χ0n) is 34.5. The number of hydrogen-bond donors (Lipinski definition) is 0. The molecular formula is C47H80O6. The summed E-state index contributed by atoms with van der Waals surface area (Å²) in [6, 6.07) is 0. The summed E-state index contributed by atoms with van der Waals surface area (Å²) in [6.07, 6.45) is 49.5. The van der Waals surface area contributed by atoms with Gasteiger partial charge in [-0.3, -0.25) is 14.4 Å². The average molecular weight is 741 g/mol. The quantitative estimate of drug-likeness (QED) is 0.0271. The molecule has 0 rings (SSSR count). The second-order valence-electron chi connectivity index (χ2n) is 14.3. The summed E-state index contributed by atoms with van der Waals surface area (Å²) in [5.41, 5.74) is 0. The molecule has 0 saturated heterocycles. The molecule has 0 aliphatic carbocycles. The first kappa shape index (κ1) is 50.1. The van der Waals surface area contributed by atoms with Gasteiger partial charge in [0.2, 0.25) is 0 Å². The average Bonchev–Trinajstić information content (AvgIpc) is 3.15. The molecule has 0 aromatic heterocycles. The van der Waals surface area contributed by atoms with E-state index in [-0.39, 0.29) is 31.6 Å². The van der Waals surface area contributed by atoms with Crippen molar-refractivity contribution in [1.29, 1.82) is 0 Å². The van der Waals surface area contributed by atoms with Crippen molar-refractivity contribution in [2.75, 3.05) is 13.2 Å². The lowest BCUT2D eigenvalue weighted by atomic mass is 10.0. The predicted molar refractivity (Wildman–Crippen MR) is 224 cm³/mol. The highest BCUT2D eigenvalue weighted by Crippen LogP contribution is 2.14. The maximum atomic E-state index is 12.7. The van der Waals surface area contributed by atoms with Crippen molar-refractivity contribution in [3.8, 4) is 0 Å². The third-order valence-corrected chi connectivity index (χ3v) is 9.07. The van der Waals surface area contributed by atoms with Gasteiger partial charge in [-0.15, -0.1) is 0 Å². The Morgan fingerprint density at radius 3 is 1.15 bits per heavy atom. The fourth-order valence-corrected chi connectivity index (χ4v) is 5.81. The Kier molecular flexibility index (Phi) is 39.6. The minimum atomic E-state index is -0.806. The van der Waals surface area contributed by atoms with Gasteiger partial charge in [-0.05, 0) is 44.9 Å². The van der Waals surface area contributed by atoms with Crippen LogP contribution in [-0.4, -0.2) is 37.2 Å². The van der Waals surface area contributed by atoms with E-state index in [1.54, 1.807) is 6.08 Å². The van der Waals surface area contributed by atoms with E-state index in [0.29, 0.717) is 12.8 Å². The first-order chi connectivity index (χ1) is 26.0. The molecule has 0 radical (unpaired) electrons. The Balaban J connectivity index is 4.48. The number of carbonyl (C=O) groups excluding carboxylic acids is 3. The molecule has 0 aromatic carbocycles. The van der Waals surface area contributed by atoms with Gasteiger partial charge in [0.1, 0.15) is 13.2 Å². The molecule has 0 aromatic rings. The van der Waals surface area contributed by atoms with Crippen LogP contribution in [0.3, 0.4) is 0 Å². The fourth-order valence-electron chi connectivity index (χ4n) is 5.81. The number of ether oxygens (including phenoxy) is 3. The molecule has 0 bridgehead atoms. The van der Waals surface area contributed by atoms with E-state index in [1.807, 2.05) is 6.08 Å². The van der Waals surface area contributed by atoms with Crippen molar-refractivity contribution in [2.45, 2.75) is 207 Å². The molecule has 0 saturated carbocycles. The Morgan fingerprint density at radius 1 is 0.396 bits per heavy atom. The summed E-state index contributed by atoms with van der Waals surface area (Å²) in [6.45, 7) is 6.38. The van der Waals surface area contributed by atoms with Gasteiger partial charge in [-0.25, -0.2) is 0 Å². The first-order valence-electron chi connectivity index (χ1n) is 21.8. The summed E-state index contributed by atoms with van der Waals surface area (Å²) in [5, 5.41) is 0. The lowest BCUT2D eigenvalue weighted by Crippen LogP contribution is -2.30. The van der Waals surface area contributed by atoms with Gasteiger partial charge in [-0.1, -0.05) is 197 Å². The molecule has 6 heteroatoms. The highest BCUT2D eigenvalue weighted by molar-refractivity contribution is 5.72. The number of carbonyl (C=O) groups is 3. The molecule has 0 amide bonds. The van der Waals surface area contributed by atoms with Crippen LogP contribution in [0.25, 0.3) is 0 Å². The second-order valence-corrected chi connectivity index (χ2v) is 14.3. The number of unbranched alkanes of at least 4 members (excludes halogenated alkanes) is 18. The minimum absolute atomic E-state index is 0.102. The zero-order chi connectivity index (χ0) is 38.7. The topological polar surface area (TPSA) is 78.9 Å². The van der Waals surface area contributed by atoms with Gasteiger partial charge in [-0.2, -0.15) is 0 Å². The largest absolute Gasteiger partial charge is 0.462 e. The van der Waals surface area contributed by atoms with Crippen molar-refractivity contribution in [3.63, 3.8) is 0 Å². The van der Waals surface area contributed by atoms with E-state index in [4.69, 9.17) is 14.2 Å². The molecule has 0 aliphatic heterocycles. The number of esters is 3. The van der Waals surface area contributed by atoms with Crippen molar-refractivity contribution in [2.24, 2.45) is 0 Å². The van der Waals surface area contributed by atoms with Gasteiger partial charge < -0.3 is 14.2 Å². The van der Waals surface area contributed by atoms with Crippen LogP contribution in [0.1, 0.15) is 201 Å². The van der Waals surface area contributed by atoms with Crippen LogP contribution in [0.5, 0.6) is 0 Å². The van der Waals surface area contributed by atoms with Crippen molar-refractivity contribution < 1.29 is 28.6 Å². The number of hydrogen-bond acceptors (Lipinski definition) is 6. The van der Waals surface area contributed by atoms with Gasteiger partial charge in [0, 0.05) is 12.8 Å². The molecular weight excluding hydrogens is 661 g/mol. The van der Waals surface area contributed by atoms with Crippen molar-refractivity contribution >= 4 is 17.9 Å². The Bertz CT molecular complexity index is 991. The van der Waals surface area contributed by atoms with E-state index in [9.17, 15) is 14.4 Å². The van der Waals surface area contributed by atoms with Gasteiger partial charge in [0.25, 0.3) is 0 Å². The van der Waals surface area contributed by atoms with Crippen molar-refractivity contribution in [1.82, 2.24) is 0 Å². The molecule has 0 N–H and O–H groups in total. The molecule has 1 unspecified atom stereocenters. The monoisotopic (exact) mass is 741 g/mol. The summed E-state index contributed by atoms with van der Waals surface area (Å²) >= 11 is 0. The highest BCUT2D eigenvalue weighted by atomic mass is 16.6. The third-order valence-electron chi connectivity index (χ3n) is 9.07. The number of allylic oxidation sites excluding steroid dienone is 9. The van der Waals surface area contributed by atoms with E-state index in [1.165, 1.54) is 89.9 Å². The third kappa shape index (κ3) is 40.1. The molecule has 0 spiro atoms. The summed E-state index contributed by atoms with van der Waals surface area (Å²) in [4.78, 5) is 37.5. The zero-order valence-corrected chi connectivity index (χ0v) is 34.5. The van der Waals surface area contributed by atoms with E-state index in [2.05, 4.69) is 69.4 Å². The first-order valence-corrected chi connectivity index (χ1v) is 21.8. The van der Waals surface area contributed by atoms with Crippen molar-refractivity contribution in [3.05, 3.63) is 60.8 Å². The SMILES string of the molecule is CC/C=C\C/C=C\C/C=C\C/C=C\C/C=C\CC(=O)OCC(COC(=O)CCCCCCCCCC)OC(=O)CCCCCCCCCCCCCC. The molecule has 0 aliphatic rings. The molecule has 0 fully saturated rings. The standard InChI is InChI=1S/C47H80O6/c1-4-7-10-13-16-19-21-23-24-25-27-28-31-34-37-40-46(49)52-43-44(42-51-45(48)39-36-33-30-18-15-12-9-6-3)53-47(50)41-38-35-32-29-26-22-20-17-14-11-8-5-2/h7,10,16,19,23-24,27-28,34,37,44H,4-6,8-9,11-15,17-18,20-22,25-26,29-33,35-36,38-43H2,1-3H3/b10-7-,19-16-,24-23-,28-27-,37-34-. The smallest absolute Gasteiger partial charge is 0.309 e. The van der Waals surface area contributed by atoms with Crippen LogP contribution in [0.2, 0.25) is 0 Å². The van der Waals surface area contributed by atoms with Crippen LogP contribution < -0.4 is 0 Å². The molecule has 1 atom stereocenters. The van der Waals surface area contributed by atoms with E-state index < -0.39 is 12.1 Å². The van der Waals surface area contributed by atoms with Gasteiger partial charge in [0.15, 0.2) is 6.10 Å². The van der Waals surface area contributed by atoms with Crippen LogP contribution in [-0.2, 0) is 28.6 Å². The van der Waals surface area contributed by atoms with Crippen LogP contribution >= 0.6 is 0 Å². The Hall–Kier alpha value is -2.89.